The van der Waals surface area contributed by atoms with E-state index in [1.807, 2.05) is 6.07 Å². The molecule has 9 heteroatoms. The van der Waals surface area contributed by atoms with Gasteiger partial charge in [-0.15, -0.1) is 0 Å². The topological polar surface area (TPSA) is 99.5 Å². The summed E-state index contributed by atoms with van der Waals surface area (Å²) in [5.74, 6) is -0.536. The second-order valence-corrected chi connectivity index (χ2v) is 8.94. The smallest absolute Gasteiger partial charge is 0.243 e. The molecule has 32 heavy (non-hydrogen) atoms. The summed E-state index contributed by atoms with van der Waals surface area (Å²) in [6, 6.07) is 20.0. The highest BCUT2D eigenvalue weighted by molar-refractivity contribution is 7.89. The fourth-order valence-corrected chi connectivity index (χ4v) is 3.96. The van der Waals surface area contributed by atoms with Crippen molar-refractivity contribution in [2.75, 3.05) is 18.9 Å². The number of halogens is 1. The zero-order valence-electron chi connectivity index (χ0n) is 17.2. The molecule has 0 spiro atoms. The van der Waals surface area contributed by atoms with Crippen molar-refractivity contribution in [1.82, 2.24) is 4.31 Å². The number of carbonyl (C=O) groups is 1. The van der Waals surface area contributed by atoms with Crippen LogP contribution in [0.15, 0.2) is 77.7 Å². The maximum absolute atomic E-state index is 13.2. The van der Waals surface area contributed by atoms with E-state index in [2.05, 4.69) is 5.32 Å². The van der Waals surface area contributed by atoms with E-state index in [1.54, 1.807) is 36.4 Å². The second kappa shape index (κ2) is 10.0. The van der Waals surface area contributed by atoms with Gasteiger partial charge in [0.1, 0.15) is 18.2 Å². The molecule has 0 heterocycles. The molecule has 0 atom stereocenters. The van der Waals surface area contributed by atoms with Crippen LogP contribution in [-0.4, -0.2) is 32.2 Å². The zero-order chi connectivity index (χ0) is 23.1. The van der Waals surface area contributed by atoms with Gasteiger partial charge in [-0.25, -0.2) is 12.8 Å². The first kappa shape index (κ1) is 22.9. The fraction of sp³-hybridized carbons (Fsp3) is 0.130. The first-order valence-electron chi connectivity index (χ1n) is 9.51. The average molecular weight is 453 g/mol. The maximum atomic E-state index is 13.2. The molecule has 3 rings (SSSR count). The summed E-state index contributed by atoms with van der Waals surface area (Å²) in [6.07, 6.45) is 0. The number of ether oxygens (including phenoxy) is 1. The summed E-state index contributed by atoms with van der Waals surface area (Å²) in [5, 5.41) is 11.5. The van der Waals surface area contributed by atoms with Crippen LogP contribution in [0.4, 0.5) is 10.1 Å². The molecule has 0 saturated heterocycles. The Morgan fingerprint density at radius 3 is 2.50 bits per heavy atom. The predicted molar refractivity (Wildman–Crippen MR) is 117 cm³/mol. The Kier molecular flexibility index (Phi) is 7.20. The number of nitriles is 1. The van der Waals surface area contributed by atoms with Crippen LogP contribution >= 0.6 is 0 Å². The van der Waals surface area contributed by atoms with Gasteiger partial charge in [-0.2, -0.15) is 9.57 Å². The van der Waals surface area contributed by atoms with Crippen molar-refractivity contribution < 1.29 is 22.3 Å². The molecule has 1 amide bonds. The van der Waals surface area contributed by atoms with E-state index in [0.717, 1.165) is 9.87 Å². The quantitative estimate of drug-likeness (QED) is 0.562. The largest absolute Gasteiger partial charge is 0.489 e. The second-order valence-electron chi connectivity index (χ2n) is 6.89. The highest BCUT2D eigenvalue weighted by Gasteiger charge is 2.23. The van der Waals surface area contributed by atoms with Gasteiger partial charge in [0.2, 0.25) is 15.9 Å². The van der Waals surface area contributed by atoms with Gasteiger partial charge in [-0.3, -0.25) is 4.79 Å². The van der Waals surface area contributed by atoms with Gasteiger partial charge in [0, 0.05) is 18.8 Å². The molecule has 0 aliphatic heterocycles. The molecule has 0 fully saturated rings. The van der Waals surface area contributed by atoms with Gasteiger partial charge in [0.05, 0.1) is 23.1 Å². The van der Waals surface area contributed by atoms with Crippen LogP contribution in [0.1, 0.15) is 11.1 Å². The van der Waals surface area contributed by atoms with Crippen molar-refractivity contribution >= 4 is 21.6 Å². The molecule has 7 nitrogen and oxygen atoms in total. The standard InChI is InChI=1S/C23H20FN3O4S/c1-27(32(29,30)22-10-8-17(14-25)9-11-22)15-23(28)26-20-6-2-4-18(12-20)16-31-21-7-3-5-19(24)13-21/h2-13H,15-16H2,1H3,(H,26,28). The number of nitrogens with one attached hydrogen (secondary N) is 1. The first-order chi connectivity index (χ1) is 15.3. The molecule has 0 radical (unpaired) electrons. The maximum Gasteiger partial charge on any atom is 0.243 e. The average Bonchev–Trinajstić information content (AvgIpc) is 2.78. The zero-order valence-corrected chi connectivity index (χ0v) is 18.0. The van der Waals surface area contributed by atoms with Crippen molar-refractivity contribution in [3.05, 3.63) is 89.7 Å². The summed E-state index contributed by atoms with van der Waals surface area (Å²) in [6.45, 7) is -0.230. The van der Waals surface area contributed by atoms with Gasteiger partial charge >= 0.3 is 0 Å². The fourth-order valence-electron chi connectivity index (χ4n) is 2.83. The lowest BCUT2D eigenvalue weighted by molar-refractivity contribution is -0.116. The molecule has 0 unspecified atom stereocenters. The predicted octanol–water partition coefficient (Wildman–Crippen LogP) is 3.54. The molecule has 3 aromatic carbocycles. The van der Waals surface area contributed by atoms with Crippen LogP contribution in [0.25, 0.3) is 0 Å². The number of sulfonamides is 1. The van der Waals surface area contributed by atoms with Crippen molar-refractivity contribution in [1.29, 1.82) is 5.26 Å². The van der Waals surface area contributed by atoms with Crippen LogP contribution < -0.4 is 10.1 Å². The van der Waals surface area contributed by atoms with E-state index in [0.29, 0.717) is 17.0 Å². The van der Waals surface area contributed by atoms with Crippen molar-refractivity contribution in [3.8, 4) is 11.8 Å². The third kappa shape index (κ3) is 5.91. The Balaban J connectivity index is 1.60. The molecule has 0 aliphatic carbocycles. The Bertz CT molecular complexity index is 1250. The Morgan fingerprint density at radius 1 is 1.09 bits per heavy atom. The number of amides is 1. The minimum atomic E-state index is -3.89. The van der Waals surface area contributed by atoms with E-state index >= 15 is 0 Å². The van der Waals surface area contributed by atoms with E-state index < -0.39 is 28.3 Å². The monoisotopic (exact) mass is 453 g/mol. The summed E-state index contributed by atoms with van der Waals surface area (Å²) >= 11 is 0. The molecule has 1 N–H and O–H groups in total. The number of nitrogens with zero attached hydrogens (tertiary/aromatic N) is 2. The number of carbonyl (C=O) groups excluding carboxylic acids is 1. The van der Waals surface area contributed by atoms with E-state index in [1.165, 1.54) is 43.4 Å². The molecule has 0 aliphatic rings. The molecular formula is C23H20FN3O4S. The molecule has 0 saturated carbocycles. The van der Waals surface area contributed by atoms with Gasteiger partial charge in [0.15, 0.2) is 0 Å². The van der Waals surface area contributed by atoms with Crippen molar-refractivity contribution in [2.24, 2.45) is 0 Å². The van der Waals surface area contributed by atoms with Crippen LogP contribution in [-0.2, 0) is 21.4 Å². The number of anilines is 1. The third-order valence-corrected chi connectivity index (χ3v) is 6.29. The Labute approximate surface area is 185 Å². The molecule has 164 valence electrons. The highest BCUT2D eigenvalue weighted by Crippen LogP contribution is 2.18. The lowest BCUT2D eigenvalue weighted by atomic mass is 10.2. The summed E-state index contributed by atoms with van der Waals surface area (Å²) in [4.78, 5) is 12.4. The molecule has 0 bridgehead atoms. The SMILES string of the molecule is CN(CC(=O)Nc1cccc(COc2cccc(F)c2)c1)S(=O)(=O)c1ccc(C#N)cc1. The number of rotatable bonds is 8. The first-order valence-corrected chi connectivity index (χ1v) is 11.0. The lowest BCUT2D eigenvalue weighted by Gasteiger charge is -2.17. The number of benzene rings is 3. The van der Waals surface area contributed by atoms with Gasteiger partial charge in [-0.05, 0) is 54.1 Å². The normalized spacial score (nSPS) is 11.1. The number of likely N-dealkylation sites (N-methyl/N-ethyl adjacent to an activating group) is 1. The van der Waals surface area contributed by atoms with Gasteiger partial charge in [-0.1, -0.05) is 18.2 Å². The molecular weight excluding hydrogens is 433 g/mol. The van der Waals surface area contributed by atoms with Gasteiger partial charge < -0.3 is 10.1 Å². The number of hydrogen-bond acceptors (Lipinski definition) is 5. The van der Waals surface area contributed by atoms with Crippen molar-refractivity contribution in [3.63, 3.8) is 0 Å². The molecule has 0 aromatic heterocycles. The van der Waals surface area contributed by atoms with Crippen molar-refractivity contribution in [2.45, 2.75) is 11.5 Å². The molecule has 3 aromatic rings. The van der Waals surface area contributed by atoms with Gasteiger partial charge in [0.25, 0.3) is 0 Å². The van der Waals surface area contributed by atoms with E-state index in [-0.39, 0.29) is 11.5 Å². The lowest BCUT2D eigenvalue weighted by Crippen LogP contribution is -2.35. The van der Waals surface area contributed by atoms with Crippen LogP contribution in [0.5, 0.6) is 5.75 Å². The highest BCUT2D eigenvalue weighted by atomic mass is 32.2. The summed E-state index contributed by atoms with van der Waals surface area (Å²) in [5.41, 5.74) is 1.55. The number of hydrogen-bond donors (Lipinski definition) is 1. The van der Waals surface area contributed by atoms with E-state index in [4.69, 9.17) is 10.00 Å². The Morgan fingerprint density at radius 2 is 1.81 bits per heavy atom. The minimum absolute atomic E-state index is 0.0108. The van der Waals surface area contributed by atoms with Crippen LogP contribution in [0.2, 0.25) is 0 Å². The minimum Gasteiger partial charge on any atom is -0.489 e. The summed E-state index contributed by atoms with van der Waals surface area (Å²) < 4.78 is 45.0. The third-order valence-electron chi connectivity index (χ3n) is 4.47. The van der Waals surface area contributed by atoms with Crippen LogP contribution in [0.3, 0.4) is 0 Å². The summed E-state index contributed by atoms with van der Waals surface area (Å²) in [7, 11) is -2.59. The Hall–Kier alpha value is -3.74. The van der Waals surface area contributed by atoms with Crippen LogP contribution in [0, 0.1) is 17.1 Å². The van der Waals surface area contributed by atoms with E-state index in [9.17, 15) is 17.6 Å².